The number of nitrogens with two attached hydrogens (primary N) is 3. The summed E-state index contributed by atoms with van der Waals surface area (Å²) in [4.78, 5) is 34.4. The van der Waals surface area contributed by atoms with Crippen molar-refractivity contribution in [2.45, 2.75) is 0 Å². The molecule has 0 spiro atoms. The minimum atomic E-state index is -1.27. The first-order chi connectivity index (χ1) is 14.1. The van der Waals surface area contributed by atoms with Gasteiger partial charge in [-0.05, 0) is 48.5 Å². The molecule has 0 radical (unpaired) electrons. The van der Waals surface area contributed by atoms with Gasteiger partial charge in [0.2, 0.25) is 0 Å². The summed E-state index contributed by atoms with van der Waals surface area (Å²) >= 11 is 0. The lowest BCUT2D eigenvalue weighted by molar-refractivity contribution is 0.0686. The van der Waals surface area contributed by atoms with Crippen molar-refractivity contribution < 1.29 is 29.7 Å². The van der Waals surface area contributed by atoms with Gasteiger partial charge in [0.1, 0.15) is 0 Å². The zero-order valence-corrected chi connectivity index (χ0v) is 15.4. The van der Waals surface area contributed by atoms with Gasteiger partial charge >= 0.3 is 17.9 Å². The first-order valence-electron chi connectivity index (χ1n) is 8.53. The molecule has 9 nitrogen and oxygen atoms in total. The maximum absolute atomic E-state index is 11.7. The number of carboxylic acids is 3. The number of hydrogen-bond donors (Lipinski definition) is 6. The molecule has 0 amide bonds. The van der Waals surface area contributed by atoms with Gasteiger partial charge in [0.25, 0.3) is 0 Å². The third-order valence-electron chi connectivity index (χ3n) is 4.61. The Morgan fingerprint density at radius 2 is 0.867 bits per heavy atom. The Bertz CT molecular complexity index is 1130. The molecule has 0 bridgehead atoms. The molecule has 0 aliphatic carbocycles. The monoisotopic (exact) mass is 407 g/mol. The normalized spacial score (nSPS) is 10.5. The summed E-state index contributed by atoms with van der Waals surface area (Å²) in [7, 11) is 0. The van der Waals surface area contributed by atoms with E-state index in [0.29, 0.717) is 0 Å². The van der Waals surface area contributed by atoms with Crippen molar-refractivity contribution in [1.82, 2.24) is 0 Å². The molecule has 3 aromatic carbocycles. The number of hydrogen-bond acceptors (Lipinski definition) is 6. The van der Waals surface area contributed by atoms with E-state index in [9.17, 15) is 29.7 Å². The van der Waals surface area contributed by atoms with Crippen molar-refractivity contribution in [2.24, 2.45) is 0 Å². The van der Waals surface area contributed by atoms with Gasteiger partial charge in [-0.1, -0.05) is 0 Å². The Morgan fingerprint density at radius 3 is 1.20 bits per heavy atom. The van der Waals surface area contributed by atoms with Crippen LogP contribution in [0.15, 0.2) is 48.5 Å². The fourth-order valence-corrected chi connectivity index (χ4v) is 3.07. The third kappa shape index (κ3) is 3.59. The molecule has 0 saturated carbocycles. The summed E-state index contributed by atoms with van der Waals surface area (Å²) in [5.41, 5.74) is 19.3. The summed E-state index contributed by atoms with van der Waals surface area (Å²) in [5, 5.41) is 28.1. The van der Waals surface area contributed by atoms with Crippen LogP contribution < -0.4 is 17.2 Å². The van der Waals surface area contributed by atoms with Gasteiger partial charge in [0.05, 0.1) is 16.7 Å². The number of carboxylic acid groups (broad SMARTS) is 3. The molecule has 30 heavy (non-hydrogen) atoms. The topological polar surface area (TPSA) is 190 Å². The summed E-state index contributed by atoms with van der Waals surface area (Å²) < 4.78 is 0. The van der Waals surface area contributed by atoms with E-state index in [1.165, 1.54) is 48.5 Å². The van der Waals surface area contributed by atoms with Gasteiger partial charge in [0, 0.05) is 39.3 Å². The van der Waals surface area contributed by atoms with Crippen molar-refractivity contribution >= 4 is 35.0 Å². The fraction of sp³-hybridized carbons (Fsp3) is 0. The van der Waals surface area contributed by atoms with Crippen molar-refractivity contribution in [2.75, 3.05) is 17.2 Å². The summed E-state index contributed by atoms with van der Waals surface area (Å²) in [5.74, 6) is -3.65. The second-order valence-electron chi connectivity index (χ2n) is 6.50. The quantitative estimate of drug-likeness (QED) is 0.345. The average Bonchev–Trinajstić information content (AvgIpc) is 2.68. The molecular formula is C21H17N3O6. The molecule has 3 rings (SSSR count). The first kappa shape index (κ1) is 20.2. The average molecular weight is 407 g/mol. The van der Waals surface area contributed by atoms with E-state index in [1.54, 1.807) is 0 Å². The van der Waals surface area contributed by atoms with Crippen LogP contribution in [-0.2, 0) is 0 Å². The Labute approximate surface area is 170 Å². The van der Waals surface area contributed by atoms with Gasteiger partial charge in [0.15, 0.2) is 0 Å². The number of anilines is 3. The number of benzene rings is 3. The molecule has 0 fully saturated rings. The molecule has 0 atom stereocenters. The third-order valence-corrected chi connectivity index (χ3v) is 4.61. The Kier molecular flexibility index (Phi) is 5.03. The van der Waals surface area contributed by atoms with Gasteiger partial charge in [-0.3, -0.25) is 0 Å². The number of nitrogen functional groups attached to an aromatic ring is 3. The largest absolute Gasteiger partial charge is 0.478 e. The SMILES string of the molecule is Nc1ccc(C(=O)O)cc1-c1cc(C(=O)O)cc(-c2cc(C(=O)O)ccc2N)c1N. The number of aromatic carboxylic acids is 3. The van der Waals surface area contributed by atoms with Crippen molar-refractivity contribution in [3.05, 3.63) is 65.2 Å². The predicted molar refractivity (Wildman–Crippen MR) is 111 cm³/mol. The number of carbonyl (C=O) groups is 3. The molecule has 0 aliphatic rings. The Morgan fingerprint density at radius 1 is 0.533 bits per heavy atom. The van der Waals surface area contributed by atoms with Crippen LogP contribution in [0.1, 0.15) is 31.1 Å². The lowest BCUT2D eigenvalue weighted by Crippen LogP contribution is -2.06. The Balaban J connectivity index is 2.37. The van der Waals surface area contributed by atoms with Crippen LogP contribution in [0, 0.1) is 0 Å². The van der Waals surface area contributed by atoms with Crippen molar-refractivity contribution in [1.29, 1.82) is 0 Å². The van der Waals surface area contributed by atoms with Gasteiger partial charge in [-0.2, -0.15) is 0 Å². The van der Waals surface area contributed by atoms with Crippen LogP contribution in [0.25, 0.3) is 22.3 Å². The van der Waals surface area contributed by atoms with Crippen molar-refractivity contribution in [3.63, 3.8) is 0 Å². The maximum atomic E-state index is 11.7. The summed E-state index contributed by atoms with van der Waals surface area (Å²) in [6, 6.07) is 10.5. The lowest BCUT2D eigenvalue weighted by Gasteiger charge is -2.17. The fourth-order valence-electron chi connectivity index (χ4n) is 3.07. The number of rotatable bonds is 5. The molecule has 0 heterocycles. The molecule has 3 aromatic rings. The summed E-state index contributed by atoms with van der Waals surface area (Å²) in [6.45, 7) is 0. The minimum Gasteiger partial charge on any atom is -0.478 e. The van der Waals surface area contributed by atoms with E-state index in [0.717, 1.165) is 0 Å². The standard InChI is InChI=1S/C21H17N3O6/c22-16-3-1-9(19(25)26)5-12(16)14-7-11(21(29)30)8-15(18(14)24)13-6-10(20(27)28)2-4-17(13)23/h1-8H,22-24H2,(H,25,26)(H,27,28)(H,29,30). The maximum Gasteiger partial charge on any atom is 0.335 e. The smallest absolute Gasteiger partial charge is 0.335 e. The van der Waals surface area contributed by atoms with E-state index in [4.69, 9.17) is 17.2 Å². The second-order valence-corrected chi connectivity index (χ2v) is 6.50. The molecule has 0 unspecified atom stereocenters. The molecular weight excluding hydrogens is 390 g/mol. The van der Waals surface area contributed by atoms with Crippen LogP contribution in [0.5, 0.6) is 0 Å². The van der Waals surface area contributed by atoms with E-state index in [-0.39, 0.29) is 56.0 Å². The predicted octanol–water partition coefficient (Wildman–Crippen LogP) is 2.86. The van der Waals surface area contributed by atoms with E-state index >= 15 is 0 Å². The molecule has 0 aliphatic heterocycles. The van der Waals surface area contributed by atoms with Crippen LogP contribution in [0.3, 0.4) is 0 Å². The molecule has 9 N–H and O–H groups in total. The summed E-state index contributed by atoms with van der Waals surface area (Å²) in [6.07, 6.45) is 0. The van der Waals surface area contributed by atoms with Crippen molar-refractivity contribution in [3.8, 4) is 22.3 Å². The van der Waals surface area contributed by atoms with E-state index in [1.807, 2.05) is 0 Å². The van der Waals surface area contributed by atoms with Gasteiger partial charge < -0.3 is 32.5 Å². The molecule has 0 saturated heterocycles. The van der Waals surface area contributed by atoms with Gasteiger partial charge in [-0.15, -0.1) is 0 Å². The highest BCUT2D eigenvalue weighted by molar-refractivity contribution is 6.03. The molecule has 9 heteroatoms. The zero-order valence-electron chi connectivity index (χ0n) is 15.4. The van der Waals surface area contributed by atoms with Crippen LogP contribution >= 0.6 is 0 Å². The van der Waals surface area contributed by atoms with Crippen LogP contribution in [0.4, 0.5) is 17.1 Å². The van der Waals surface area contributed by atoms with Gasteiger partial charge in [-0.25, -0.2) is 14.4 Å². The second kappa shape index (κ2) is 7.47. The van der Waals surface area contributed by atoms with Crippen LogP contribution in [0.2, 0.25) is 0 Å². The highest BCUT2D eigenvalue weighted by Crippen LogP contribution is 2.40. The zero-order chi connectivity index (χ0) is 22.2. The highest BCUT2D eigenvalue weighted by atomic mass is 16.4. The highest BCUT2D eigenvalue weighted by Gasteiger charge is 2.20. The molecule has 152 valence electrons. The van der Waals surface area contributed by atoms with E-state index < -0.39 is 17.9 Å². The molecule has 0 aromatic heterocycles. The Hall–Kier alpha value is -4.53. The lowest BCUT2D eigenvalue weighted by atomic mass is 9.91. The minimum absolute atomic E-state index is 0.0618. The van der Waals surface area contributed by atoms with Crippen LogP contribution in [-0.4, -0.2) is 33.2 Å². The first-order valence-corrected chi connectivity index (χ1v) is 8.53. The van der Waals surface area contributed by atoms with E-state index in [2.05, 4.69) is 0 Å².